The van der Waals surface area contributed by atoms with Gasteiger partial charge in [-0.25, -0.2) is 4.98 Å². The van der Waals surface area contributed by atoms with Crippen molar-refractivity contribution in [3.63, 3.8) is 0 Å². The van der Waals surface area contributed by atoms with Gasteiger partial charge in [-0.1, -0.05) is 12.1 Å². The molecule has 0 unspecified atom stereocenters. The first-order valence-corrected chi connectivity index (χ1v) is 8.00. The van der Waals surface area contributed by atoms with Gasteiger partial charge in [0.25, 0.3) is 5.56 Å². The fourth-order valence-electron chi connectivity index (χ4n) is 3.40. The summed E-state index contributed by atoms with van der Waals surface area (Å²) in [5.74, 6) is 0. The van der Waals surface area contributed by atoms with Crippen LogP contribution in [0.4, 0.5) is 0 Å². The van der Waals surface area contributed by atoms with E-state index in [2.05, 4.69) is 20.1 Å². The first-order chi connectivity index (χ1) is 11.3. The zero-order valence-electron chi connectivity index (χ0n) is 12.9. The molecule has 4 rings (SSSR count). The van der Waals surface area contributed by atoms with E-state index in [1.165, 1.54) is 6.42 Å². The molecule has 118 valence electrons. The summed E-state index contributed by atoms with van der Waals surface area (Å²) in [6, 6.07) is 9.90. The first kappa shape index (κ1) is 14.1. The van der Waals surface area contributed by atoms with Crippen LogP contribution in [0, 0.1) is 0 Å². The highest BCUT2D eigenvalue weighted by Gasteiger charge is 2.26. The van der Waals surface area contributed by atoms with Gasteiger partial charge in [-0.2, -0.15) is 5.10 Å². The minimum absolute atomic E-state index is 0.0351. The highest BCUT2D eigenvalue weighted by Crippen LogP contribution is 2.30. The van der Waals surface area contributed by atoms with Crippen LogP contribution in [-0.4, -0.2) is 37.7 Å². The molecular weight excluding hydrogens is 290 g/mol. The van der Waals surface area contributed by atoms with Crippen molar-refractivity contribution >= 4 is 10.9 Å². The molecule has 1 aliphatic rings. The third-order valence-electron chi connectivity index (χ3n) is 4.60. The van der Waals surface area contributed by atoms with Crippen molar-refractivity contribution in [3.05, 3.63) is 58.9 Å². The molecule has 3 aromatic rings. The fourth-order valence-corrected chi connectivity index (χ4v) is 3.40. The van der Waals surface area contributed by atoms with E-state index in [9.17, 15) is 4.79 Å². The zero-order chi connectivity index (χ0) is 15.6. The molecule has 6 heteroatoms. The lowest BCUT2D eigenvalue weighted by Gasteiger charge is -2.23. The van der Waals surface area contributed by atoms with Gasteiger partial charge in [-0.15, -0.1) is 0 Å². The summed E-state index contributed by atoms with van der Waals surface area (Å²) in [5, 5.41) is 7.80. The summed E-state index contributed by atoms with van der Waals surface area (Å²) in [6.45, 7) is 2.55. The maximum Gasteiger partial charge on any atom is 0.261 e. The minimum Gasteiger partial charge on any atom is -0.297 e. The third-order valence-corrected chi connectivity index (χ3v) is 4.60. The van der Waals surface area contributed by atoms with Crippen LogP contribution < -0.4 is 5.56 Å². The molecule has 0 spiro atoms. The van der Waals surface area contributed by atoms with Gasteiger partial charge in [-0.3, -0.25) is 19.4 Å². The number of likely N-dealkylation sites (tertiary alicyclic amines) is 1. The predicted molar refractivity (Wildman–Crippen MR) is 88.1 cm³/mol. The van der Waals surface area contributed by atoms with Crippen molar-refractivity contribution in [1.82, 2.24) is 24.6 Å². The van der Waals surface area contributed by atoms with Crippen LogP contribution in [0.2, 0.25) is 0 Å². The molecule has 1 atom stereocenters. The number of para-hydroxylation sites is 1. The number of nitrogens with zero attached hydrogens (tertiary/aromatic N) is 4. The average Bonchev–Trinajstić information content (AvgIpc) is 3.25. The number of hydrogen-bond donors (Lipinski definition) is 1. The van der Waals surface area contributed by atoms with Gasteiger partial charge in [0, 0.05) is 19.3 Å². The van der Waals surface area contributed by atoms with Crippen molar-refractivity contribution in [1.29, 1.82) is 0 Å². The molecule has 23 heavy (non-hydrogen) atoms. The summed E-state index contributed by atoms with van der Waals surface area (Å²) in [6.07, 6.45) is 5.76. The molecule has 2 aromatic heterocycles. The third kappa shape index (κ3) is 2.66. The Bertz CT molecular complexity index is 855. The predicted octanol–water partition coefficient (Wildman–Crippen LogP) is 1.96. The Labute approximate surface area is 133 Å². The maximum absolute atomic E-state index is 12.5. The van der Waals surface area contributed by atoms with Crippen LogP contribution in [0.25, 0.3) is 10.9 Å². The molecule has 1 saturated heterocycles. The number of rotatable bonds is 4. The largest absolute Gasteiger partial charge is 0.297 e. The molecule has 0 saturated carbocycles. The second-order valence-corrected chi connectivity index (χ2v) is 5.97. The normalized spacial score (nSPS) is 18.7. The second-order valence-electron chi connectivity index (χ2n) is 5.97. The number of H-pyrrole nitrogens is 1. The van der Waals surface area contributed by atoms with Gasteiger partial charge in [0.2, 0.25) is 0 Å². The fraction of sp³-hybridized carbons (Fsp3) is 0.353. The smallest absolute Gasteiger partial charge is 0.261 e. The molecular formula is C17H19N5O. The molecule has 0 bridgehead atoms. The van der Waals surface area contributed by atoms with E-state index in [0.717, 1.165) is 30.7 Å². The molecule has 0 radical (unpaired) electrons. The van der Waals surface area contributed by atoms with Crippen molar-refractivity contribution in [3.8, 4) is 0 Å². The highest BCUT2D eigenvalue weighted by atomic mass is 16.1. The van der Waals surface area contributed by atoms with Crippen LogP contribution in [0.5, 0.6) is 0 Å². The quantitative estimate of drug-likeness (QED) is 0.800. The zero-order valence-corrected chi connectivity index (χ0v) is 12.9. The van der Waals surface area contributed by atoms with Gasteiger partial charge in [0.1, 0.15) is 0 Å². The Morgan fingerprint density at radius 3 is 3.00 bits per heavy atom. The van der Waals surface area contributed by atoms with Gasteiger partial charge in [0.15, 0.2) is 0 Å². The number of aromatic nitrogens is 4. The standard InChI is InChI=1S/C17H19N5O/c23-17-13-4-1-2-5-14(13)18-12-22(17)11-10-21-9-3-6-16(21)15-7-8-19-20-15/h1-2,4-5,7-8,12,16H,3,6,9-11H2,(H,19,20)/t16-/m0/s1. The number of benzene rings is 1. The molecule has 3 heterocycles. The van der Waals surface area contributed by atoms with Crippen LogP contribution in [0.15, 0.2) is 47.7 Å². The molecule has 1 aliphatic heterocycles. The number of nitrogens with one attached hydrogen (secondary N) is 1. The van der Waals surface area contributed by atoms with Gasteiger partial charge in [-0.05, 0) is 37.6 Å². The van der Waals surface area contributed by atoms with Crippen molar-refractivity contribution in [2.75, 3.05) is 13.1 Å². The molecule has 0 aliphatic carbocycles. The van der Waals surface area contributed by atoms with Crippen molar-refractivity contribution < 1.29 is 0 Å². The molecule has 0 amide bonds. The van der Waals surface area contributed by atoms with Gasteiger partial charge >= 0.3 is 0 Å². The minimum atomic E-state index is 0.0351. The number of fused-ring (bicyclic) bond motifs is 1. The van der Waals surface area contributed by atoms with E-state index in [0.29, 0.717) is 18.0 Å². The Hall–Kier alpha value is -2.47. The van der Waals surface area contributed by atoms with E-state index < -0.39 is 0 Å². The van der Waals surface area contributed by atoms with Crippen molar-refractivity contribution in [2.45, 2.75) is 25.4 Å². The summed E-state index contributed by atoms with van der Waals surface area (Å²) in [4.78, 5) is 19.3. The average molecular weight is 309 g/mol. The Balaban J connectivity index is 1.53. The lowest BCUT2D eigenvalue weighted by Crippen LogP contribution is -2.31. The summed E-state index contributed by atoms with van der Waals surface area (Å²) < 4.78 is 1.71. The molecule has 1 aromatic carbocycles. The first-order valence-electron chi connectivity index (χ1n) is 8.00. The lowest BCUT2D eigenvalue weighted by molar-refractivity contribution is 0.241. The monoisotopic (exact) mass is 309 g/mol. The molecule has 1 N–H and O–H groups in total. The van der Waals surface area contributed by atoms with Crippen LogP contribution in [-0.2, 0) is 6.54 Å². The van der Waals surface area contributed by atoms with Crippen LogP contribution in [0.1, 0.15) is 24.6 Å². The molecule has 1 fully saturated rings. The number of hydrogen-bond acceptors (Lipinski definition) is 4. The summed E-state index contributed by atoms with van der Waals surface area (Å²) in [5.41, 5.74) is 1.95. The topological polar surface area (TPSA) is 66.8 Å². The SMILES string of the molecule is O=c1c2ccccc2ncn1CCN1CCC[C@H]1c1ccn[nH]1. The van der Waals surface area contributed by atoms with Crippen molar-refractivity contribution in [2.24, 2.45) is 0 Å². The maximum atomic E-state index is 12.5. The molecule has 6 nitrogen and oxygen atoms in total. The van der Waals surface area contributed by atoms with E-state index in [-0.39, 0.29) is 5.56 Å². The van der Waals surface area contributed by atoms with E-state index in [4.69, 9.17) is 0 Å². The summed E-state index contributed by atoms with van der Waals surface area (Å²) in [7, 11) is 0. The van der Waals surface area contributed by atoms with Gasteiger partial charge in [0.05, 0.1) is 29.0 Å². The Kier molecular flexibility index (Phi) is 3.67. The lowest BCUT2D eigenvalue weighted by atomic mass is 10.1. The Morgan fingerprint density at radius 2 is 2.13 bits per heavy atom. The number of aromatic amines is 1. The summed E-state index contributed by atoms with van der Waals surface area (Å²) >= 11 is 0. The van der Waals surface area contributed by atoms with Gasteiger partial charge < -0.3 is 0 Å². The Morgan fingerprint density at radius 1 is 1.22 bits per heavy atom. The highest BCUT2D eigenvalue weighted by molar-refractivity contribution is 5.76. The van der Waals surface area contributed by atoms with E-state index in [1.54, 1.807) is 17.1 Å². The van der Waals surface area contributed by atoms with Crippen LogP contribution in [0.3, 0.4) is 0 Å². The van der Waals surface area contributed by atoms with E-state index in [1.807, 2.05) is 30.3 Å². The van der Waals surface area contributed by atoms with E-state index >= 15 is 0 Å². The van der Waals surface area contributed by atoms with Crippen LogP contribution >= 0.6 is 0 Å². The second kappa shape index (κ2) is 5.96.